The third-order valence-electron chi connectivity index (χ3n) is 1.12. The highest BCUT2D eigenvalue weighted by Crippen LogP contribution is 1.91. The summed E-state index contributed by atoms with van der Waals surface area (Å²) < 4.78 is 4.83. The molecule has 3 N–H and O–H groups in total. The molecule has 14 heavy (non-hydrogen) atoms. The molecule has 5 heteroatoms. The second-order valence-corrected chi connectivity index (χ2v) is 2.72. The Balaban J connectivity index is -0.000000376. The highest BCUT2D eigenvalue weighted by Gasteiger charge is 2.01. The van der Waals surface area contributed by atoms with E-state index < -0.39 is 0 Å². The predicted molar refractivity (Wildman–Crippen MR) is 61.1 cm³/mol. The number of hydrogen-bond donors (Lipinski definition) is 1. The minimum atomic E-state index is -0.313. The molecule has 0 aliphatic rings. The highest BCUT2D eigenvalue weighted by molar-refractivity contribution is 6.15. The van der Waals surface area contributed by atoms with Crippen LogP contribution in [0.15, 0.2) is 12.2 Å². The Morgan fingerprint density at radius 3 is 2.14 bits per heavy atom. The van der Waals surface area contributed by atoms with E-state index in [1.54, 1.807) is 6.92 Å². The highest BCUT2D eigenvalue weighted by atomic mass is 35.5. The number of hydrogen-bond acceptors (Lipinski definition) is 4. The molecular formula is C9H21ClN2O2. The van der Waals surface area contributed by atoms with Crippen LogP contribution in [-0.4, -0.2) is 44.5 Å². The summed E-state index contributed by atoms with van der Waals surface area (Å²) in [5.41, 5.74) is 0.448. The normalized spacial score (nSPS) is 8.14. The molecule has 0 radical (unpaired) electrons. The van der Waals surface area contributed by atoms with E-state index in [0.29, 0.717) is 12.2 Å². The Hall–Kier alpha value is -0.580. The van der Waals surface area contributed by atoms with Crippen molar-refractivity contribution in [1.82, 2.24) is 11.1 Å². The van der Waals surface area contributed by atoms with E-state index in [4.69, 9.17) is 4.74 Å². The Morgan fingerprint density at radius 1 is 1.43 bits per heavy atom. The molecule has 0 aromatic heterocycles. The Morgan fingerprint density at radius 2 is 1.86 bits per heavy atom. The van der Waals surface area contributed by atoms with E-state index in [2.05, 4.69) is 18.2 Å². The second kappa shape index (κ2) is 12.4. The van der Waals surface area contributed by atoms with E-state index in [-0.39, 0.29) is 12.1 Å². The molecule has 86 valence electrons. The zero-order chi connectivity index (χ0) is 10.9. The summed E-state index contributed by atoms with van der Waals surface area (Å²) in [6.07, 6.45) is 1.47. The maximum absolute atomic E-state index is 10.8. The quantitative estimate of drug-likeness (QED) is 0.448. The summed E-state index contributed by atoms with van der Waals surface area (Å²) in [7, 11) is 3.85. The number of nitrogens with zero attached hydrogens (tertiary/aromatic N) is 1. The fraction of sp³-hybridized carbons (Fsp3) is 0.667. The van der Waals surface area contributed by atoms with Crippen molar-refractivity contribution < 1.29 is 9.53 Å². The SMILES string of the molecule is C=C(C)C(=O)OCCN(C)C.CCl.N. The molecule has 0 bridgehead atoms. The smallest absolute Gasteiger partial charge is 0.333 e. The molecule has 0 unspecified atom stereocenters. The van der Waals surface area contributed by atoms with Crippen LogP contribution < -0.4 is 6.15 Å². The van der Waals surface area contributed by atoms with Gasteiger partial charge in [0.15, 0.2) is 0 Å². The molecule has 0 amide bonds. The number of ether oxygens (including phenoxy) is 1. The third kappa shape index (κ3) is 14.0. The van der Waals surface area contributed by atoms with Gasteiger partial charge in [0.1, 0.15) is 6.61 Å². The molecule has 4 nitrogen and oxygen atoms in total. The van der Waals surface area contributed by atoms with Gasteiger partial charge in [-0.2, -0.15) is 0 Å². The molecule has 0 heterocycles. The lowest BCUT2D eigenvalue weighted by atomic mass is 10.4. The van der Waals surface area contributed by atoms with Crippen LogP contribution in [0.4, 0.5) is 0 Å². The molecule has 0 atom stereocenters. The minimum absolute atomic E-state index is 0. The Labute approximate surface area is 91.4 Å². The van der Waals surface area contributed by atoms with Crippen molar-refractivity contribution in [2.75, 3.05) is 33.6 Å². The van der Waals surface area contributed by atoms with Crippen molar-refractivity contribution in [1.29, 1.82) is 0 Å². The van der Waals surface area contributed by atoms with Gasteiger partial charge in [0.25, 0.3) is 0 Å². The first-order valence-electron chi connectivity index (χ1n) is 3.89. The van der Waals surface area contributed by atoms with Gasteiger partial charge in [0.05, 0.1) is 0 Å². The fourth-order valence-electron chi connectivity index (χ4n) is 0.444. The van der Waals surface area contributed by atoms with Crippen molar-refractivity contribution in [2.45, 2.75) is 6.92 Å². The predicted octanol–water partition coefficient (Wildman–Crippen LogP) is 1.68. The molecule has 0 aliphatic carbocycles. The van der Waals surface area contributed by atoms with Crippen LogP contribution >= 0.6 is 11.6 Å². The number of likely N-dealkylation sites (N-methyl/N-ethyl adjacent to an activating group) is 1. The molecule has 0 fully saturated rings. The van der Waals surface area contributed by atoms with Crippen LogP contribution in [-0.2, 0) is 9.53 Å². The lowest BCUT2D eigenvalue weighted by Crippen LogP contribution is -2.20. The second-order valence-electron chi connectivity index (χ2n) is 2.72. The van der Waals surface area contributed by atoms with E-state index >= 15 is 0 Å². The summed E-state index contributed by atoms with van der Waals surface area (Å²) in [5.74, 6) is -0.313. The number of carbonyl (C=O) groups is 1. The molecule has 0 spiro atoms. The van der Waals surface area contributed by atoms with Crippen LogP contribution in [0.1, 0.15) is 6.92 Å². The number of carbonyl (C=O) groups excluding carboxylic acids is 1. The van der Waals surface area contributed by atoms with Gasteiger partial charge in [-0.05, 0) is 21.0 Å². The van der Waals surface area contributed by atoms with Crippen molar-refractivity contribution >= 4 is 17.6 Å². The van der Waals surface area contributed by atoms with Gasteiger partial charge in [-0.25, -0.2) is 4.79 Å². The zero-order valence-electron chi connectivity index (χ0n) is 9.47. The lowest BCUT2D eigenvalue weighted by Gasteiger charge is -2.09. The summed E-state index contributed by atoms with van der Waals surface area (Å²) in [5, 5.41) is 0. The zero-order valence-corrected chi connectivity index (χ0v) is 10.2. The number of esters is 1. The van der Waals surface area contributed by atoms with Gasteiger partial charge in [0.2, 0.25) is 0 Å². The Bertz CT molecular complexity index is 161. The van der Waals surface area contributed by atoms with Crippen LogP contribution in [0.2, 0.25) is 0 Å². The van der Waals surface area contributed by atoms with E-state index in [1.165, 1.54) is 6.38 Å². The monoisotopic (exact) mass is 224 g/mol. The van der Waals surface area contributed by atoms with Crippen LogP contribution in [0.25, 0.3) is 0 Å². The first kappa shape index (κ1) is 19.1. The van der Waals surface area contributed by atoms with Gasteiger partial charge < -0.3 is 15.8 Å². The first-order chi connectivity index (χ1) is 6.04. The van der Waals surface area contributed by atoms with Gasteiger partial charge >= 0.3 is 5.97 Å². The maximum Gasteiger partial charge on any atom is 0.333 e. The molecule has 0 rings (SSSR count). The van der Waals surface area contributed by atoms with Gasteiger partial charge in [0, 0.05) is 18.5 Å². The van der Waals surface area contributed by atoms with Crippen LogP contribution in [0.5, 0.6) is 0 Å². The molecule has 0 aliphatic heterocycles. The van der Waals surface area contributed by atoms with E-state index in [0.717, 1.165) is 6.54 Å². The number of rotatable bonds is 4. The average Bonchev–Trinajstić information content (AvgIpc) is 2.07. The molecular weight excluding hydrogens is 204 g/mol. The van der Waals surface area contributed by atoms with Crippen molar-refractivity contribution in [3.63, 3.8) is 0 Å². The Kier molecular flexibility index (Phi) is 16.9. The summed E-state index contributed by atoms with van der Waals surface area (Å²) in [6.45, 7) is 6.28. The molecule has 0 saturated heterocycles. The fourth-order valence-corrected chi connectivity index (χ4v) is 0.444. The van der Waals surface area contributed by atoms with Crippen LogP contribution in [0.3, 0.4) is 0 Å². The third-order valence-corrected chi connectivity index (χ3v) is 1.12. The molecule has 0 aromatic rings. The van der Waals surface area contributed by atoms with E-state index in [1.807, 2.05) is 19.0 Å². The molecule has 0 aromatic carbocycles. The van der Waals surface area contributed by atoms with E-state index in [9.17, 15) is 4.79 Å². The standard InChI is InChI=1S/C8H15NO2.CH3Cl.H3N/c1-7(2)8(10)11-6-5-9(3)4;1-2;/h1,5-6H2,2-4H3;1H3;1H3. The van der Waals surface area contributed by atoms with Crippen molar-refractivity contribution in [3.8, 4) is 0 Å². The number of halogens is 1. The van der Waals surface area contributed by atoms with Gasteiger partial charge in [-0.1, -0.05) is 6.58 Å². The topological polar surface area (TPSA) is 64.5 Å². The lowest BCUT2D eigenvalue weighted by molar-refractivity contribution is -0.139. The first-order valence-corrected chi connectivity index (χ1v) is 4.65. The largest absolute Gasteiger partial charge is 0.461 e. The van der Waals surface area contributed by atoms with Crippen molar-refractivity contribution in [3.05, 3.63) is 12.2 Å². The minimum Gasteiger partial charge on any atom is -0.461 e. The van der Waals surface area contributed by atoms with Gasteiger partial charge in [-0.3, -0.25) is 0 Å². The summed E-state index contributed by atoms with van der Waals surface area (Å²) in [4.78, 5) is 12.7. The number of alkyl halides is 1. The maximum atomic E-state index is 10.8. The average molecular weight is 225 g/mol. The molecule has 0 saturated carbocycles. The summed E-state index contributed by atoms with van der Waals surface area (Å²) >= 11 is 4.64. The van der Waals surface area contributed by atoms with Crippen molar-refractivity contribution in [2.24, 2.45) is 0 Å². The van der Waals surface area contributed by atoms with Gasteiger partial charge in [-0.15, -0.1) is 11.6 Å². The summed E-state index contributed by atoms with van der Waals surface area (Å²) in [6, 6.07) is 0. The van der Waals surface area contributed by atoms with Crippen LogP contribution in [0, 0.1) is 0 Å².